The van der Waals surface area contributed by atoms with Gasteiger partial charge in [0, 0.05) is 32.0 Å². The van der Waals surface area contributed by atoms with Crippen LogP contribution in [0.3, 0.4) is 0 Å². The number of rotatable bonds is 6. The number of likely N-dealkylation sites (tertiary alicyclic amines) is 1. The molecule has 0 aliphatic carbocycles. The van der Waals surface area contributed by atoms with Gasteiger partial charge in [-0.3, -0.25) is 19.4 Å². The van der Waals surface area contributed by atoms with Crippen LogP contribution < -0.4 is 5.32 Å². The summed E-state index contributed by atoms with van der Waals surface area (Å²) in [5.41, 5.74) is 0.863. The molecule has 1 saturated heterocycles. The van der Waals surface area contributed by atoms with Crippen molar-refractivity contribution in [3.8, 4) is 0 Å². The van der Waals surface area contributed by atoms with E-state index in [1.807, 2.05) is 6.07 Å². The lowest BCUT2D eigenvalue weighted by Crippen LogP contribution is -2.51. The van der Waals surface area contributed by atoms with Crippen molar-refractivity contribution < 1.29 is 19.5 Å². The summed E-state index contributed by atoms with van der Waals surface area (Å²) < 4.78 is 0. The maximum atomic E-state index is 12.5. The second kappa shape index (κ2) is 8.57. The monoisotopic (exact) mass is 348 g/mol. The predicted octanol–water partition coefficient (Wildman–Crippen LogP) is -0.191. The van der Waals surface area contributed by atoms with Crippen molar-refractivity contribution in [2.45, 2.75) is 13.0 Å². The second-order valence-corrected chi connectivity index (χ2v) is 6.58. The van der Waals surface area contributed by atoms with E-state index in [2.05, 4.69) is 10.3 Å². The van der Waals surface area contributed by atoms with Crippen LogP contribution in [0, 0.1) is 11.8 Å². The molecule has 8 nitrogen and oxygen atoms in total. The number of likely N-dealkylation sites (N-methyl/N-ethyl adjacent to an activating group) is 1. The highest BCUT2D eigenvalue weighted by atomic mass is 16.4. The number of aromatic nitrogens is 1. The highest BCUT2D eigenvalue weighted by Gasteiger charge is 2.36. The summed E-state index contributed by atoms with van der Waals surface area (Å²) in [4.78, 5) is 43.3. The number of aliphatic carboxylic acids is 1. The molecule has 0 spiro atoms. The number of piperidine rings is 1. The van der Waals surface area contributed by atoms with Gasteiger partial charge in [-0.2, -0.15) is 0 Å². The minimum Gasteiger partial charge on any atom is -0.481 e. The van der Waals surface area contributed by atoms with Crippen molar-refractivity contribution in [2.75, 3.05) is 33.7 Å². The summed E-state index contributed by atoms with van der Waals surface area (Å²) in [6, 6.07) is 3.63. The third kappa shape index (κ3) is 5.53. The van der Waals surface area contributed by atoms with Gasteiger partial charge in [0.15, 0.2) is 0 Å². The number of carboxylic acid groups (broad SMARTS) is 1. The van der Waals surface area contributed by atoms with Gasteiger partial charge in [-0.25, -0.2) is 0 Å². The van der Waals surface area contributed by atoms with Crippen molar-refractivity contribution >= 4 is 17.8 Å². The highest BCUT2D eigenvalue weighted by molar-refractivity contribution is 5.84. The largest absolute Gasteiger partial charge is 0.481 e. The van der Waals surface area contributed by atoms with E-state index in [1.165, 1.54) is 4.90 Å². The zero-order valence-electron chi connectivity index (χ0n) is 14.5. The lowest BCUT2D eigenvalue weighted by atomic mass is 9.88. The molecule has 2 rings (SSSR count). The summed E-state index contributed by atoms with van der Waals surface area (Å²) in [6.45, 7) is 0.909. The fraction of sp³-hybridized carbons (Fsp3) is 0.529. The SMILES string of the molecule is CN(C)CC(=O)N1C[C@@H](C(=O)O)C[C@H](C(=O)NCc2cccnc2)C1. The second-order valence-electron chi connectivity index (χ2n) is 6.58. The minimum atomic E-state index is -0.979. The Balaban J connectivity index is 2.00. The van der Waals surface area contributed by atoms with E-state index in [-0.39, 0.29) is 37.9 Å². The van der Waals surface area contributed by atoms with E-state index < -0.39 is 17.8 Å². The van der Waals surface area contributed by atoms with E-state index in [4.69, 9.17) is 0 Å². The normalized spacial score (nSPS) is 20.4. The summed E-state index contributed by atoms with van der Waals surface area (Å²) in [6.07, 6.45) is 3.55. The van der Waals surface area contributed by atoms with Crippen LogP contribution in [0.15, 0.2) is 24.5 Å². The Morgan fingerprint density at radius 1 is 1.32 bits per heavy atom. The Morgan fingerprint density at radius 2 is 2.04 bits per heavy atom. The molecule has 0 unspecified atom stereocenters. The topological polar surface area (TPSA) is 103 Å². The van der Waals surface area contributed by atoms with E-state index in [0.29, 0.717) is 6.54 Å². The van der Waals surface area contributed by atoms with Crippen molar-refractivity contribution in [2.24, 2.45) is 11.8 Å². The molecule has 0 bridgehead atoms. The number of carbonyl (C=O) groups is 3. The molecule has 2 amide bonds. The molecule has 2 heterocycles. The van der Waals surface area contributed by atoms with E-state index in [1.54, 1.807) is 37.5 Å². The number of amides is 2. The Morgan fingerprint density at radius 3 is 2.64 bits per heavy atom. The van der Waals surface area contributed by atoms with Gasteiger partial charge in [0.2, 0.25) is 11.8 Å². The smallest absolute Gasteiger partial charge is 0.308 e. The number of hydrogen-bond donors (Lipinski definition) is 2. The number of nitrogens with one attached hydrogen (secondary N) is 1. The summed E-state index contributed by atoms with van der Waals surface area (Å²) >= 11 is 0. The Labute approximate surface area is 146 Å². The number of hydrogen-bond acceptors (Lipinski definition) is 5. The minimum absolute atomic E-state index is 0.147. The fourth-order valence-corrected chi connectivity index (χ4v) is 2.88. The molecule has 0 radical (unpaired) electrons. The maximum absolute atomic E-state index is 12.5. The molecule has 1 aromatic heterocycles. The first kappa shape index (κ1) is 18.9. The van der Waals surface area contributed by atoms with Crippen LogP contribution in [0.1, 0.15) is 12.0 Å². The Bertz CT molecular complexity index is 620. The number of nitrogens with zero attached hydrogens (tertiary/aromatic N) is 3. The van der Waals surface area contributed by atoms with Gasteiger partial charge in [0.25, 0.3) is 0 Å². The lowest BCUT2D eigenvalue weighted by molar-refractivity contribution is -0.148. The molecule has 8 heteroatoms. The molecule has 1 aliphatic heterocycles. The van der Waals surface area contributed by atoms with Gasteiger partial charge in [-0.05, 0) is 32.1 Å². The first-order chi connectivity index (χ1) is 11.9. The highest BCUT2D eigenvalue weighted by Crippen LogP contribution is 2.23. The van der Waals surface area contributed by atoms with Gasteiger partial charge in [-0.1, -0.05) is 6.07 Å². The van der Waals surface area contributed by atoms with Crippen LogP contribution in [0.5, 0.6) is 0 Å². The molecular formula is C17H24N4O4. The Kier molecular flexibility index (Phi) is 6.46. The van der Waals surface area contributed by atoms with E-state index >= 15 is 0 Å². The van der Waals surface area contributed by atoms with Crippen LogP contribution in [0.2, 0.25) is 0 Å². The molecule has 2 N–H and O–H groups in total. The van der Waals surface area contributed by atoms with Gasteiger partial charge >= 0.3 is 5.97 Å². The standard InChI is InChI=1S/C17H24N4O4/c1-20(2)11-15(22)21-9-13(6-14(10-21)17(24)25)16(23)19-8-12-4-3-5-18-7-12/h3-5,7,13-14H,6,8-11H2,1-2H3,(H,19,23)(H,24,25)/t13-,14-/m0/s1. The molecule has 136 valence electrons. The molecule has 0 aromatic carbocycles. The molecule has 2 atom stereocenters. The zero-order chi connectivity index (χ0) is 18.4. The zero-order valence-corrected chi connectivity index (χ0v) is 14.5. The van der Waals surface area contributed by atoms with Crippen molar-refractivity contribution in [1.82, 2.24) is 20.1 Å². The third-order valence-corrected chi connectivity index (χ3v) is 4.16. The van der Waals surface area contributed by atoms with Crippen LogP contribution >= 0.6 is 0 Å². The average molecular weight is 348 g/mol. The van der Waals surface area contributed by atoms with Gasteiger partial charge < -0.3 is 20.2 Å². The van der Waals surface area contributed by atoms with Crippen LogP contribution in [0.25, 0.3) is 0 Å². The molecule has 1 aromatic rings. The van der Waals surface area contributed by atoms with Crippen molar-refractivity contribution in [3.63, 3.8) is 0 Å². The van der Waals surface area contributed by atoms with Crippen molar-refractivity contribution in [1.29, 1.82) is 0 Å². The summed E-state index contributed by atoms with van der Waals surface area (Å²) in [7, 11) is 3.54. The van der Waals surface area contributed by atoms with Gasteiger partial charge in [0.1, 0.15) is 0 Å². The summed E-state index contributed by atoms with van der Waals surface area (Å²) in [5.74, 6) is -2.64. The number of carboxylic acids is 1. The molecule has 1 aliphatic rings. The maximum Gasteiger partial charge on any atom is 0.308 e. The van der Waals surface area contributed by atoms with Crippen LogP contribution in [-0.2, 0) is 20.9 Å². The fourth-order valence-electron chi connectivity index (χ4n) is 2.88. The van der Waals surface area contributed by atoms with Crippen molar-refractivity contribution in [3.05, 3.63) is 30.1 Å². The van der Waals surface area contributed by atoms with E-state index in [0.717, 1.165) is 5.56 Å². The average Bonchev–Trinajstić information content (AvgIpc) is 2.59. The molecule has 25 heavy (non-hydrogen) atoms. The molecule has 0 saturated carbocycles. The van der Waals surface area contributed by atoms with E-state index in [9.17, 15) is 19.5 Å². The molecular weight excluding hydrogens is 324 g/mol. The lowest BCUT2D eigenvalue weighted by Gasteiger charge is -2.36. The van der Waals surface area contributed by atoms with Gasteiger partial charge in [-0.15, -0.1) is 0 Å². The Hall–Kier alpha value is -2.48. The first-order valence-electron chi connectivity index (χ1n) is 8.18. The number of carbonyl (C=O) groups excluding carboxylic acids is 2. The third-order valence-electron chi connectivity index (χ3n) is 4.16. The summed E-state index contributed by atoms with van der Waals surface area (Å²) in [5, 5.41) is 12.1. The predicted molar refractivity (Wildman–Crippen MR) is 90.5 cm³/mol. The van der Waals surface area contributed by atoms with Crippen LogP contribution in [0.4, 0.5) is 0 Å². The van der Waals surface area contributed by atoms with Gasteiger partial charge in [0.05, 0.1) is 18.4 Å². The quantitative estimate of drug-likeness (QED) is 0.739. The number of pyridine rings is 1. The molecule has 1 fully saturated rings. The first-order valence-corrected chi connectivity index (χ1v) is 8.18. The van der Waals surface area contributed by atoms with Crippen LogP contribution in [-0.4, -0.2) is 71.4 Å².